The van der Waals surface area contributed by atoms with Crippen molar-refractivity contribution in [3.8, 4) is 39.5 Å². The first-order valence-electron chi connectivity index (χ1n) is 18.7. The van der Waals surface area contributed by atoms with Gasteiger partial charge < -0.3 is 34.9 Å². The van der Waals surface area contributed by atoms with Crippen LogP contribution >= 0.6 is 15.9 Å². The number of hydrogen-bond acceptors (Lipinski definition) is 13. The van der Waals surface area contributed by atoms with Gasteiger partial charge in [-0.2, -0.15) is 0 Å². The molecule has 0 spiro atoms. The van der Waals surface area contributed by atoms with E-state index in [9.17, 15) is 9.59 Å². The number of amides is 2. The average Bonchev–Trinajstić information content (AvgIpc) is 4.18. The number of hydrogen-bond donors (Lipinski definition) is 4. The maximum Gasteiger partial charge on any atom is 0.454 e. The predicted octanol–water partition coefficient (Wildman–Crippen LogP) is 7.14. The summed E-state index contributed by atoms with van der Waals surface area (Å²) in [6, 6.07) is 18.8. The molecule has 2 aromatic carbocycles. The molecule has 4 heterocycles. The van der Waals surface area contributed by atoms with Crippen molar-refractivity contribution in [2.75, 3.05) is 24.9 Å². The van der Waals surface area contributed by atoms with Crippen LogP contribution in [-0.4, -0.2) is 79.2 Å². The van der Waals surface area contributed by atoms with Crippen LogP contribution in [0, 0.1) is 13.8 Å². The highest BCUT2D eigenvalue weighted by atomic mass is 79.9. The molecule has 59 heavy (non-hydrogen) atoms. The van der Waals surface area contributed by atoms with Gasteiger partial charge in [-0.15, -0.1) is 0 Å². The lowest BCUT2D eigenvalue weighted by molar-refractivity contribution is 0.101. The van der Waals surface area contributed by atoms with Crippen LogP contribution in [0.15, 0.2) is 102 Å². The number of benzene rings is 2. The molecule has 2 saturated carbocycles. The van der Waals surface area contributed by atoms with Crippen molar-refractivity contribution < 1.29 is 33.8 Å². The summed E-state index contributed by atoms with van der Waals surface area (Å²) < 4.78 is 17.5. The van der Waals surface area contributed by atoms with Crippen LogP contribution in [0.25, 0.3) is 22.3 Å². The summed E-state index contributed by atoms with van der Waals surface area (Å²) in [4.78, 5) is 49.1. The van der Waals surface area contributed by atoms with Crippen molar-refractivity contribution in [3.63, 3.8) is 0 Å². The van der Waals surface area contributed by atoms with E-state index in [0.29, 0.717) is 40.5 Å². The van der Waals surface area contributed by atoms with Gasteiger partial charge in [-0.3, -0.25) is 9.59 Å². The largest absolute Gasteiger partial charge is 0.497 e. The minimum Gasteiger partial charge on any atom is -0.497 e. The number of carbonyl (C=O) groups is 2. The van der Waals surface area contributed by atoms with Gasteiger partial charge in [-0.1, -0.05) is 28.8 Å². The third-order valence-corrected chi connectivity index (χ3v) is 9.31. The number of pyridine rings is 2. The molecule has 2 aliphatic carbocycles. The quantitative estimate of drug-likeness (QED) is 0.0958. The highest BCUT2D eigenvalue weighted by molar-refractivity contribution is 9.10. The van der Waals surface area contributed by atoms with E-state index in [-0.39, 0.29) is 17.6 Å². The fraction of sp³-hybridized carbons (Fsp3) is 0.238. The Labute approximate surface area is 350 Å². The van der Waals surface area contributed by atoms with E-state index in [1.165, 1.54) is 24.8 Å². The van der Waals surface area contributed by atoms with Crippen molar-refractivity contribution >= 4 is 46.5 Å². The van der Waals surface area contributed by atoms with Crippen molar-refractivity contribution in [1.82, 2.24) is 29.9 Å². The van der Waals surface area contributed by atoms with Crippen LogP contribution in [0.1, 0.15) is 58.0 Å². The van der Waals surface area contributed by atoms with Gasteiger partial charge in [0.25, 0.3) is 11.8 Å². The van der Waals surface area contributed by atoms with Crippen LogP contribution in [0.3, 0.4) is 0 Å². The molecule has 0 bridgehead atoms. The van der Waals surface area contributed by atoms with E-state index < -0.39 is 7.12 Å². The Balaban J connectivity index is 0.000000174. The van der Waals surface area contributed by atoms with Crippen LogP contribution in [0.2, 0.25) is 5.82 Å². The number of carbonyl (C=O) groups excluding carboxylic acids is 2. The van der Waals surface area contributed by atoms with Gasteiger partial charge in [0.2, 0.25) is 0 Å². The van der Waals surface area contributed by atoms with Gasteiger partial charge in [0.05, 0.1) is 31.5 Å². The first-order chi connectivity index (χ1) is 28.5. The maximum atomic E-state index is 12.3. The Morgan fingerprint density at radius 2 is 1.07 bits per heavy atom. The van der Waals surface area contributed by atoms with Crippen molar-refractivity contribution in [1.29, 1.82) is 0 Å². The second-order valence-electron chi connectivity index (χ2n) is 13.7. The molecule has 302 valence electrons. The lowest BCUT2D eigenvalue weighted by Gasteiger charge is -2.11. The normalized spacial score (nSPS) is 12.7. The van der Waals surface area contributed by atoms with Gasteiger partial charge in [-0.05, 0) is 98.2 Å². The third kappa shape index (κ3) is 12.8. The molecule has 0 unspecified atom stereocenters. The van der Waals surface area contributed by atoms with Gasteiger partial charge in [0.1, 0.15) is 40.5 Å². The second-order valence-corrected chi connectivity index (χ2v) is 14.6. The summed E-state index contributed by atoms with van der Waals surface area (Å²) >= 11 is 3.46. The molecular weight excluding hydrogens is 819 g/mol. The Morgan fingerprint density at radius 3 is 1.46 bits per heavy atom. The molecule has 0 atom stereocenters. The number of aromatic nitrogens is 6. The van der Waals surface area contributed by atoms with Crippen molar-refractivity contribution in [3.05, 3.63) is 125 Å². The third-order valence-electron chi connectivity index (χ3n) is 8.86. The second kappa shape index (κ2) is 19.9. The topological polar surface area (TPSA) is 204 Å². The molecular formula is C42H42BBrN8O7. The Hall–Kier alpha value is -6.30. The zero-order chi connectivity index (χ0) is 41.9. The van der Waals surface area contributed by atoms with E-state index in [2.05, 4.69) is 56.5 Å². The molecule has 0 radical (unpaired) electrons. The highest BCUT2D eigenvalue weighted by Crippen LogP contribution is 2.37. The van der Waals surface area contributed by atoms with Gasteiger partial charge >= 0.3 is 7.12 Å². The molecule has 2 fully saturated rings. The summed E-state index contributed by atoms with van der Waals surface area (Å²) in [6.45, 7) is 3.53. The fourth-order valence-corrected chi connectivity index (χ4v) is 5.69. The zero-order valence-electron chi connectivity index (χ0n) is 32.8. The van der Waals surface area contributed by atoms with E-state index in [0.717, 1.165) is 69.7 Å². The van der Waals surface area contributed by atoms with Crippen LogP contribution in [0.4, 0.5) is 11.6 Å². The SMILES string of the molecule is COc1cc(Br)cc(-c2ccc(NC(=O)c3cnc(C)nc3)nc2)c1.COc1cc(OC2CC2)cc(-c2ccc(NC(=O)c3cnc(C)nc3)nc2)c1.OB(O)C1CC1. The van der Waals surface area contributed by atoms with Gasteiger partial charge in [-0.25, -0.2) is 29.9 Å². The lowest BCUT2D eigenvalue weighted by atomic mass is 9.84. The number of methoxy groups -OCH3 is 2. The highest BCUT2D eigenvalue weighted by Gasteiger charge is 2.33. The fourth-order valence-electron chi connectivity index (χ4n) is 5.22. The number of halogens is 1. The predicted molar refractivity (Wildman–Crippen MR) is 226 cm³/mol. The summed E-state index contributed by atoms with van der Waals surface area (Å²) in [6.07, 6.45) is 13.8. The molecule has 0 saturated heterocycles. The lowest BCUT2D eigenvalue weighted by Crippen LogP contribution is -2.13. The molecule has 0 aliphatic heterocycles. The number of aryl methyl sites for hydroxylation is 2. The first kappa shape index (κ1) is 42.3. The molecule has 2 amide bonds. The molecule has 15 nitrogen and oxygen atoms in total. The first-order valence-corrected chi connectivity index (χ1v) is 19.4. The Kier molecular flexibility index (Phi) is 14.3. The summed E-state index contributed by atoms with van der Waals surface area (Å²) in [5.41, 5.74) is 4.47. The van der Waals surface area contributed by atoms with E-state index >= 15 is 0 Å². The Morgan fingerprint density at radius 1 is 0.610 bits per heavy atom. The zero-order valence-corrected chi connectivity index (χ0v) is 34.4. The molecule has 4 N–H and O–H groups in total. The van der Waals surface area contributed by atoms with Gasteiger partial charge in [0.15, 0.2) is 0 Å². The number of nitrogens with zero attached hydrogens (tertiary/aromatic N) is 6. The van der Waals surface area contributed by atoms with E-state index in [1.54, 1.807) is 52.6 Å². The van der Waals surface area contributed by atoms with Crippen LogP contribution in [0.5, 0.6) is 17.2 Å². The number of ether oxygens (including phenoxy) is 3. The minimum atomic E-state index is -1.04. The summed E-state index contributed by atoms with van der Waals surface area (Å²) in [5.74, 6) is 4.00. The average molecular weight is 862 g/mol. The van der Waals surface area contributed by atoms with E-state index in [4.69, 9.17) is 24.3 Å². The summed E-state index contributed by atoms with van der Waals surface area (Å²) in [5, 5.41) is 22.0. The number of rotatable bonds is 11. The van der Waals surface area contributed by atoms with Gasteiger partial charge in [0, 0.05) is 58.8 Å². The van der Waals surface area contributed by atoms with Crippen LogP contribution < -0.4 is 24.8 Å². The monoisotopic (exact) mass is 860 g/mol. The molecule has 6 aromatic rings. The van der Waals surface area contributed by atoms with Crippen molar-refractivity contribution in [2.24, 2.45) is 0 Å². The molecule has 17 heteroatoms. The smallest absolute Gasteiger partial charge is 0.454 e. The summed E-state index contributed by atoms with van der Waals surface area (Å²) in [7, 11) is 2.22. The minimum absolute atomic E-state index is 0.213. The van der Waals surface area contributed by atoms with Crippen molar-refractivity contribution in [2.45, 2.75) is 51.5 Å². The molecule has 4 aromatic heterocycles. The molecule has 8 rings (SSSR count). The maximum absolute atomic E-state index is 12.3. The molecule has 2 aliphatic rings. The van der Waals surface area contributed by atoms with Crippen LogP contribution in [-0.2, 0) is 0 Å². The number of anilines is 2. The standard InChI is InChI=1S/C21H20N4O3.C18H15BrN4O2.C3H7BO2/c1-13-22-11-16(12-23-13)21(26)25-20-6-3-14(10-24-20)15-7-18(27-2)9-19(8-15)28-17-4-5-17;1-11-20-9-14(10-21-11)18(24)23-17-4-3-12(8-22-17)13-5-15(19)7-16(6-13)25-2;5-4(6)3-1-2-3/h3,6-12,17H,4-5H2,1-2H3,(H,24,25,26);3-10H,1-2H3,(H,22,23,24);3,5-6H,1-2H2. The number of nitrogens with one attached hydrogen (secondary N) is 2. The Bertz CT molecular complexity index is 2350. The van der Waals surface area contributed by atoms with E-state index in [1.807, 2.05) is 48.5 Å².